The fourth-order valence-electron chi connectivity index (χ4n) is 3.40. The lowest BCUT2D eigenvalue weighted by Crippen LogP contribution is -2.46. The molecule has 3 heterocycles. The molecule has 1 aliphatic rings. The van der Waals surface area contributed by atoms with Crippen molar-refractivity contribution < 1.29 is 14.3 Å². The Morgan fingerprint density at radius 2 is 1.93 bits per heavy atom. The minimum absolute atomic E-state index is 0.0411. The molecule has 3 aromatic rings. The van der Waals surface area contributed by atoms with Gasteiger partial charge in [0, 0.05) is 42.7 Å². The van der Waals surface area contributed by atoms with Crippen molar-refractivity contribution in [2.45, 2.75) is 25.8 Å². The lowest BCUT2D eigenvalue weighted by molar-refractivity contribution is 0.0860. The molecule has 0 unspecified atom stereocenters. The van der Waals surface area contributed by atoms with Crippen LogP contribution in [-0.4, -0.2) is 62.2 Å². The van der Waals surface area contributed by atoms with Crippen molar-refractivity contribution >= 4 is 17.8 Å². The molecule has 0 bridgehead atoms. The van der Waals surface area contributed by atoms with E-state index in [2.05, 4.69) is 20.5 Å². The molecule has 1 N–H and O–H groups in total. The van der Waals surface area contributed by atoms with Crippen molar-refractivity contribution in [3.63, 3.8) is 0 Å². The summed E-state index contributed by atoms with van der Waals surface area (Å²) < 4.78 is 6.82. The van der Waals surface area contributed by atoms with Crippen molar-refractivity contribution in [2.24, 2.45) is 0 Å². The van der Waals surface area contributed by atoms with Crippen molar-refractivity contribution in [3.05, 3.63) is 48.3 Å². The highest BCUT2D eigenvalue weighted by Crippen LogP contribution is 2.19. The summed E-state index contributed by atoms with van der Waals surface area (Å²) >= 11 is 0. The summed E-state index contributed by atoms with van der Waals surface area (Å²) in [4.78, 5) is 30.2. The molecule has 1 fully saturated rings. The summed E-state index contributed by atoms with van der Waals surface area (Å²) in [6, 6.07) is 9.10. The molecule has 1 aromatic carbocycles. The number of amides is 2. The maximum Gasteiger partial charge on any atom is 0.409 e. The summed E-state index contributed by atoms with van der Waals surface area (Å²) in [6.45, 7) is 3.32. The van der Waals surface area contributed by atoms with E-state index in [9.17, 15) is 9.59 Å². The Labute approximate surface area is 167 Å². The van der Waals surface area contributed by atoms with Crippen LogP contribution < -0.4 is 5.32 Å². The maximum atomic E-state index is 12.6. The monoisotopic (exact) mass is 394 g/mol. The number of likely N-dealkylation sites (tertiary alicyclic amines) is 1. The van der Waals surface area contributed by atoms with Crippen LogP contribution in [0.25, 0.3) is 17.2 Å². The number of aromatic nitrogens is 4. The molecule has 150 valence electrons. The van der Waals surface area contributed by atoms with Gasteiger partial charge >= 0.3 is 6.09 Å². The molecule has 29 heavy (non-hydrogen) atoms. The number of hydrogen-bond donors (Lipinski definition) is 1. The average Bonchev–Trinajstić information content (AvgIpc) is 3.19. The predicted molar refractivity (Wildman–Crippen MR) is 105 cm³/mol. The Balaban J connectivity index is 1.37. The lowest BCUT2D eigenvalue weighted by atomic mass is 10.0. The number of nitrogens with one attached hydrogen (secondary N) is 1. The van der Waals surface area contributed by atoms with Crippen LogP contribution in [0.2, 0.25) is 0 Å². The van der Waals surface area contributed by atoms with Gasteiger partial charge in [-0.1, -0.05) is 12.1 Å². The Hall–Kier alpha value is -3.49. The van der Waals surface area contributed by atoms with Gasteiger partial charge < -0.3 is 15.0 Å². The van der Waals surface area contributed by atoms with Gasteiger partial charge in [0.05, 0.1) is 6.61 Å². The van der Waals surface area contributed by atoms with E-state index in [1.165, 1.54) is 0 Å². The van der Waals surface area contributed by atoms with Crippen LogP contribution in [0.5, 0.6) is 0 Å². The van der Waals surface area contributed by atoms with Crippen LogP contribution in [0.1, 0.15) is 30.1 Å². The SMILES string of the molecule is CCOC(=O)N1CCC(NC(=O)c2ccc(-c3nnc4ncccn34)cc2)CC1. The van der Waals surface area contributed by atoms with Crippen LogP contribution in [0.15, 0.2) is 42.7 Å². The fraction of sp³-hybridized carbons (Fsp3) is 0.350. The normalized spacial score (nSPS) is 14.7. The Morgan fingerprint density at radius 1 is 1.17 bits per heavy atom. The van der Waals surface area contributed by atoms with Gasteiger partial charge in [-0.3, -0.25) is 9.20 Å². The topological polar surface area (TPSA) is 102 Å². The van der Waals surface area contributed by atoms with Gasteiger partial charge in [-0.25, -0.2) is 9.78 Å². The molecule has 0 aliphatic carbocycles. The van der Waals surface area contributed by atoms with E-state index in [0.29, 0.717) is 49.7 Å². The number of nitrogens with zero attached hydrogens (tertiary/aromatic N) is 5. The van der Waals surface area contributed by atoms with Gasteiger partial charge in [0.15, 0.2) is 5.82 Å². The fourth-order valence-corrected chi connectivity index (χ4v) is 3.40. The summed E-state index contributed by atoms with van der Waals surface area (Å²) in [5.74, 6) is 1.07. The van der Waals surface area contributed by atoms with Gasteiger partial charge in [-0.2, -0.15) is 0 Å². The van der Waals surface area contributed by atoms with Gasteiger partial charge in [0.1, 0.15) is 0 Å². The number of hydrogen-bond acceptors (Lipinski definition) is 6. The van der Waals surface area contributed by atoms with Gasteiger partial charge in [0.25, 0.3) is 11.7 Å². The first-order chi connectivity index (χ1) is 14.2. The molecule has 0 atom stereocenters. The van der Waals surface area contributed by atoms with Gasteiger partial charge in [0.2, 0.25) is 0 Å². The molecule has 0 saturated carbocycles. The van der Waals surface area contributed by atoms with Crippen LogP contribution in [0, 0.1) is 0 Å². The highest BCUT2D eigenvalue weighted by atomic mass is 16.6. The molecule has 2 amide bonds. The zero-order valence-electron chi connectivity index (χ0n) is 16.1. The molecule has 0 radical (unpaired) electrons. The van der Waals surface area contributed by atoms with Crippen LogP contribution in [0.4, 0.5) is 4.79 Å². The number of benzene rings is 1. The predicted octanol–water partition coefficient (Wildman–Crippen LogP) is 2.14. The van der Waals surface area contributed by atoms with Crippen molar-refractivity contribution in [1.82, 2.24) is 29.8 Å². The molecular formula is C20H22N6O3. The highest BCUT2D eigenvalue weighted by Gasteiger charge is 2.24. The zero-order chi connectivity index (χ0) is 20.2. The number of carbonyl (C=O) groups is 2. The standard InChI is InChI=1S/C20H22N6O3/c1-2-29-20(28)25-12-8-16(9-13-25)22-18(27)15-6-4-14(5-7-15)17-23-24-19-21-10-3-11-26(17)19/h3-7,10-11,16H,2,8-9,12-13H2,1H3,(H,22,27). The smallest absolute Gasteiger partial charge is 0.409 e. The summed E-state index contributed by atoms with van der Waals surface area (Å²) in [5, 5.41) is 11.3. The van der Waals surface area contributed by atoms with Gasteiger partial charge in [-0.05, 0) is 38.0 Å². The summed E-state index contributed by atoms with van der Waals surface area (Å²) in [7, 11) is 0. The van der Waals surface area contributed by atoms with E-state index in [4.69, 9.17) is 4.74 Å². The minimum atomic E-state index is -0.288. The first kappa shape index (κ1) is 18.9. The lowest BCUT2D eigenvalue weighted by Gasteiger charge is -2.31. The first-order valence-corrected chi connectivity index (χ1v) is 9.64. The van der Waals surface area contributed by atoms with Crippen LogP contribution in [0.3, 0.4) is 0 Å². The molecule has 1 aliphatic heterocycles. The van der Waals surface area contributed by atoms with E-state index in [1.54, 1.807) is 34.6 Å². The van der Waals surface area contributed by atoms with Crippen LogP contribution in [-0.2, 0) is 4.74 Å². The number of ether oxygens (including phenoxy) is 1. The minimum Gasteiger partial charge on any atom is -0.450 e. The number of carbonyl (C=O) groups excluding carboxylic acids is 2. The van der Waals surface area contributed by atoms with E-state index in [-0.39, 0.29) is 18.0 Å². The molecule has 2 aromatic heterocycles. The molecule has 4 rings (SSSR count). The second-order valence-corrected chi connectivity index (χ2v) is 6.82. The van der Waals surface area contributed by atoms with E-state index < -0.39 is 0 Å². The third-order valence-corrected chi connectivity index (χ3v) is 4.95. The number of fused-ring (bicyclic) bond motifs is 1. The van der Waals surface area contributed by atoms with Crippen molar-refractivity contribution in [3.8, 4) is 11.4 Å². The number of piperidine rings is 1. The van der Waals surface area contributed by atoms with Crippen molar-refractivity contribution in [2.75, 3.05) is 19.7 Å². The summed E-state index contributed by atoms with van der Waals surface area (Å²) in [5.41, 5.74) is 1.43. The van der Waals surface area contributed by atoms with Crippen LogP contribution >= 0.6 is 0 Å². The number of rotatable bonds is 4. The second-order valence-electron chi connectivity index (χ2n) is 6.82. The molecular weight excluding hydrogens is 372 g/mol. The molecule has 9 nitrogen and oxygen atoms in total. The maximum absolute atomic E-state index is 12.6. The largest absolute Gasteiger partial charge is 0.450 e. The quantitative estimate of drug-likeness (QED) is 0.727. The van der Waals surface area contributed by atoms with E-state index in [1.807, 2.05) is 24.4 Å². The first-order valence-electron chi connectivity index (χ1n) is 9.64. The van der Waals surface area contributed by atoms with Crippen molar-refractivity contribution in [1.29, 1.82) is 0 Å². The van der Waals surface area contributed by atoms with E-state index in [0.717, 1.165) is 5.56 Å². The highest BCUT2D eigenvalue weighted by molar-refractivity contribution is 5.94. The Bertz CT molecular complexity index is 1010. The van der Waals surface area contributed by atoms with E-state index >= 15 is 0 Å². The third kappa shape index (κ3) is 4.03. The zero-order valence-corrected chi connectivity index (χ0v) is 16.1. The molecule has 9 heteroatoms. The third-order valence-electron chi connectivity index (χ3n) is 4.95. The molecule has 0 spiro atoms. The summed E-state index contributed by atoms with van der Waals surface area (Å²) in [6.07, 6.45) is 4.64. The molecule has 1 saturated heterocycles. The van der Waals surface area contributed by atoms with Gasteiger partial charge in [-0.15, -0.1) is 10.2 Å². The second kappa shape index (κ2) is 8.26. The Kier molecular flexibility index (Phi) is 5.37. The average molecular weight is 394 g/mol. The Morgan fingerprint density at radius 3 is 2.66 bits per heavy atom.